The van der Waals surface area contributed by atoms with Crippen molar-refractivity contribution in [2.24, 2.45) is 184 Å². The van der Waals surface area contributed by atoms with Gasteiger partial charge >= 0.3 is 291 Å². The molecule has 1 saturated heterocycles. The molecule has 20 heteroatoms. The van der Waals surface area contributed by atoms with E-state index in [9.17, 15) is 40.9 Å². The van der Waals surface area contributed by atoms with Gasteiger partial charge in [0.1, 0.15) is 5.78 Å². The van der Waals surface area contributed by atoms with Crippen molar-refractivity contribution in [3.8, 4) is 12.1 Å². The Labute approximate surface area is 978 Å². The summed E-state index contributed by atoms with van der Waals surface area (Å²) in [5, 5.41) is 69.4. The normalized spacial score (nSPS) is 52.8. The van der Waals surface area contributed by atoms with Gasteiger partial charge in [-0.15, -0.1) is 0 Å². The molecule has 39 atom stereocenters. The van der Waals surface area contributed by atoms with Gasteiger partial charge in [-0.25, -0.2) is 0 Å². The summed E-state index contributed by atoms with van der Waals surface area (Å²) in [7, 11) is 1.91. The molecule has 121 heavy (non-hydrogen) atoms. The third kappa shape index (κ3) is 19.9. The van der Waals surface area contributed by atoms with E-state index in [0.29, 0.717) is 70.1 Å². The van der Waals surface area contributed by atoms with Gasteiger partial charge in [-0.2, -0.15) is 37.6 Å². The predicted molar refractivity (Wildman–Crippen MR) is 449 cm³/mol. The van der Waals surface area contributed by atoms with Crippen molar-refractivity contribution < 1.29 is 358 Å². The third-order valence-corrected chi connectivity index (χ3v) is 43.0. The molecule has 662 valence electrons. The monoisotopic (exact) mass is 2030 g/mol. The Hall–Kier alpha value is 6.94. The zero-order valence-electron chi connectivity index (χ0n) is 78.2. The van der Waals surface area contributed by atoms with Gasteiger partial charge in [-0.05, 0) is 269 Å². The number of aliphatic hydroxyl groups excluding tert-OH is 5. The Kier molecular flexibility index (Phi) is 42.2. The Morgan fingerprint density at radius 2 is 0.711 bits per heavy atom. The molecule has 0 aromatic carbocycles. The number of rotatable bonds is 2. The zero-order chi connectivity index (χ0) is 78.2. The fourth-order valence-electron chi connectivity index (χ4n) is 36.7. The molecule has 1 spiro atoms. The van der Waals surface area contributed by atoms with Crippen LogP contribution < -0.4 is 291 Å². The largest absolute Gasteiger partial charge is 1.00 e. The number of aliphatic hydroxyl groups is 5. The quantitative estimate of drug-likeness (QED) is 0.172. The summed E-state index contributed by atoms with van der Waals surface area (Å²) in [4.78, 5) is 12.2. The molecule has 21 rings (SSSR count). The van der Waals surface area contributed by atoms with Crippen molar-refractivity contribution in [2.75, 3.05) is 13.7 Å². The van der Waals surface area contributed by atoms with Gasteiger partial charge in [0.25, 0.3) is 0 Å². The van der Waals surface area contributed by atoms with E-state index in [1.165, 1.54) is 161 Å². The summed E-state index contributed by atoms with van der Waals surface area (Å²) in [5.74, 6) is 16.0. The molecular formula is C101H160N2O13Rb5-5. The van der Waals surface area contributed by atoms with E-state index in [1.807, 2.05) is 14.0 Å². The van der Waals surface area contributed by atoms with Crippen LogP contribution in [-0.2, 0) is 14.3 Å². The second kappa shape index (κ2) is 44.4. The van der Waals surface area contributed by atoms with Crippen molar-refractivity contribution in [3.05, 3.63) is 46.3 Å². The van der Waals surface area contributed by atoms with Crippen LogP contribution in [0.25, 0.3) is 0 Å². The van der Waals surface area contributed by atoms with E-state index in [-0.39, 0.29) is 404 Å². The molecule has 21 aliphatic rings. The number of epoxide rings is 1. The van der Waals surface area contributed by atoms with Crippen LogP contribution >= 0.6 is 0 Å². The number of hydrogen-bond donors (Lipinski definition) is 5. The van der Waals surface area contributed by atoms with E-state index in [0.717, 1.165) is 211 Å². The topological polar surface area (TPSA) is 338 Å². The maximum atomic E-state index is 12.2. The molecule has 20 fully saturated rings. The van der Waals surface area contributed by atoms with Crippen LogP contribution in [0.4, 0.5) is 0 Å². The van der Waals surface area contributed by atoms with Gasteiger partial charge in [0.15, 0.2) is 0 Å². The summed E-state index contributed by atoms with van der Waals surface area (Å²) in [6, 6.07) is 5.11. The summed E-state index contributed by atoms with van der Waals surface area (Å²) < 4.78 is 11.9. The predicted octanol–water partition coefficient (Wildman–Crippen LogP) is 5.35. The number of carbonyl (C=O) groups excluding carboxylic acids is 1. The number of nitriles is 2. The Balaban J connectivity index is 0.000000204. The number of Topliss-reactive ketones (excluding diaryl/α,β-unsaturated/α-hetero) is 1. The van der Waals surface area contributed by atoms with Crippen LogP contribution in [0.1, 0.15) is 324 Å². The average Bonchev–Trinajstić information content (AvgIpc) is 1.53. The standard InChI is InChI=1S/C21H33O2.C20H30NO.C20H28NO.C20H31O2.C20H33O2.5H2O.5Rb/c1-13(22)17-6-7-18-16-5-4-14-12-15(23)8-10-20(14,2)19(16)9-11-21(17,18)3;2*1-19-9-7-15(22)11-13(19)3-5-16-17-6-4-14(12-21)20(17,2)10-8-18(16)19;1-18-8-5-14(21)11-13(18)3-4-15-16(18)6-9-19(2)17(15)7-10-20(19)12-22-20;1-19-10-8-14(21)12-13(19)4-5-15-16-6-7-18(22-3)20(16,2)11-9-17(15)19;;;;;;;;;;/h14-19,23H,2,4-12H2,1,3H3;13-18,22H,1,3-11H2,2H3;4,13,15-18,22H,1,3,5-11H2,2H3;13-17,21H,1,3-12H2,2H3;13-18,21H,1,4-12H2,2-3H3;5*1H2;;;;;/q5*-1;;;;;;5*+1/p-5/t14-,15+,16-,17?,18-,19-,20-,21+;13-,14+,15+,16-,17-,18-,19-,20+;13-,15+,16-,17-,18-,19-,20+;13-,14+,15+,16-,17-,18-,19-,20+;13-,14+,15-,16-,17-,18-,19-,20-;;;;;;;;;;/m00000........../s1. The Morgan fingerprint density at radius 1 is 0.388 bits per heavy atom. The number of ether oxygens (including phenoxy) is 2. The van der Waals surface area contributed by atoms with Gasteiger partial charge in [0.2, 0.25) is 0 Å². The summed E-state index contributed by atoms with van der Waals surface area (Å²) >= 11 is 0. The third-order valence-electron chi connectivity index (χ3n) is 43.0. The van der Waals surface area contributed by atoms with Crippen molar-refractivity contribution >= 4 is 5.78 Å². The number of nitrogens with zero attached hydrogens (tertiary/aromatic N) is 2. The van der Waals surface area contributed by atoms with Crippen molar-refractivity contribution in [1.29, 1.82) is 10.5 Å². The van der Waals surface area contributed by atoms with Crippen LogP contribution in [0.15, 0.2) is 11.6 Å². The fourth-order valence-corrected chi connectivity index (χ4v) is 36.7. The first-order chi connectivity index (χ1) is 52.8. The van der Waals surface area contributed by atoms with Crippen molar-refractivity contribution in [1.82, 2.24) is 0 Å². The molecule has 1 aliphatic heterocycles. The molecule has 10 N–H and O–H groups in total. The van der Waals surface area contributed by atoms with Gasteiger partial charge in [-0.3, -0.25) is 4.79 Å². The van der Waals surface area contributed by atoms with Crippen LogP contribution in [0.3, 0.4) is 0 Å². The van der Waals surface area contributed by atoms with Crippen LogP contribution in [-0.4, -0.2) is 115 Å². The fraction of sp³-hybridized carbons (Fsp3) is 0.901. The van der Waals surface area contributed by atoms with Crippen molar-refractivity contribution in [3.63, 3.8) is 0 Å². The smallest absolute Gasteiger partial charge is 0.870 e. The summed E-state index contributed by atoms with van der Waals surface area (Å²) in [6.07, 6.45) is 54.6. The minimum Gasteiger partial charge on any atom is -0.870 e. The molecule has 19 saturated carbocycles. The van der Waals surface area contributed by atoms with E-state index in [4.69, 9.17) is 44.1 Å². The Morgan fingerprint density at radius 3 is 1.08 bits per heavy atom. The molecule has 0 aromatic rings. The first-order valence-corrected chi connectivity index (χ1v) is 47.7. The number of allylic oxidation sites excluding steroid dienone is 2. The SMILES string of the molecule is [CH2-][C@]12CC[C@@H](O)C[C@@H]1CC[C@@H]1[C@@H]2CC[C@@]2(C)[C@H]1CC[C@@]21CO1.[CH2-][C@]12CC[C@@H](O)C[C@@H]1CC[C@@H]1[C@@H]2CC[C@]2(C)C(C#N)=CC[C@@H]12.[CH2-][C@]12CC[C@@H](O)C[C@@H]1CC[C@@H]1[C@@H]2CC[C@]2(C)C(C(C)=O)CC[C@@H]12.[CH2-][C@]12CC[C@@H](O)C[C@@H]1CC[C@@H]1[C@@H]2CC[C@]2(C)[C@@H](C#N)CC[C@@H]12.[CH2-][C@]12CC[C@@H](O)C[C@@H]1CC[C@@H]1[C@@H]2CC[C@]2(C)[C@@H](OC)CC[C@@H]12.[OH-].[OH-].[OH-].[OH-].[OH-].[Rb+].[Rb+].[Rb+].[Rb+].[Rb+]. The molecule has 1 unspecified atom stereocenters. The van der Waals surface area contributed by atoms with Crippen molar-refractivity contribution in [2.45, 2.75) is 366 Å². The molecule has 0 bridgehead atoms. The number of ketones is 1. The van der Waals surface area contributed by atoms with E-state index < -0.39 is 0 Å². The van der Waals surface area contributed by atoms with Gasteiger partial charge in [-0.1, -0.05) is 196 Å². The number of fused-ring (bicyclic) bond motifs is 26. The molecule has 1 heterocycles. The van der Waals surface area contributed by atoms with Gasteiger partial charge < -0.3 is 97.0 Å². The first kappa shape index (κ1) is 115. The first-order valence-electron chi connectivity index (χ1n) is 47.7. The number of methoxy groups -OCH3 is 1. The number of carbonyl (C=O) groups is 1. The second-order valence-electron chi connectivity index (χ2n) is 46.2. The van der Waals surface area contributed by atoms with Crippen LogP contribution in [0.5, 0.6) is 0 Å². The average molecular weight is 2040 g/mol. The van der Waals surface area contributed by atoms with Crippen LogP contribution in [0, 0.1) is 242 Å². The second-order valence-corrected chi connectivity index (χ2v) is 46.2. The zero-order valence-corrected chi connectivity index (χ0v) is 103. The molecule has 20 aliphatic carbocycles. The van der Waals surface area contributed by atoms with Gasteiger partial charge in [0.05, 0.1) is 66.9 Å². The number of hydrogen-bond acceptors (Lipinski definition) is 15. The van der Waals surface area contributed by atoms with E-state index in [2.05, 4.69) is 52.8 Å². The maximum absolute atomic E-state index is 12.2. The van der Waals surface area contributed by atoms with E-state index in [1.54, 1.807) is 0 Å². The molecule has 15 nitrogen and oxygen atoms in total. The van der Waals surface area contributed by atoms with Crippen LogP contribution in [0.2, 0.25) is 0 Å². The molecule has 0 amide bonds. The minimum atomic E-state index is -0.0939. The molecular weight excluding hydrogens is 1880 g/mol. The summed E-state index contributed by atoms with van der Waals surface area (Å²) in [6.45, 7) is 39.0. The maximum Gasteiger partial charge on any atom is 1.00 e. The Bertz CT molecular complexity index is 3510. The van der Waals surface area contributed by atoms with E-state index >= 15 is 0 Å². The molecule has 0 aromatic heterocycles. The van der Waals surface area contributed by atoms with Gasteiger partial charge in [0, 0.05) is 29.4 Å². The minimum absolute atomic E-state index is 0. The summed E-state index contributed by atoms with van der Waals surface area (Å²) in [5.41, 5.74) is 3.99. The molecule has 0 radical (unpaired) electrons.